The van der Waals surface area contributed by atoms with Gasteiger partial charge in [-0.15, -0.1) is 0 Å². The van der Waals surface area contributed by atoms with Crippen molar-refractivity contribution < 1.29 is 18.4 Å². The summed E-state index contributed by atoms with van der Waals surface area (Å²) in [6.07, 6.45) is 0. The Morgan fingerprint density at radius 3 is 2.65 bits per heavy atom. The molecule has 7 heteroatoms. The number of nitrogens with zero attached hydrogens (tertiary/aromatic N) is 2. The molecule has 1 heterocycles. The number of carbonyl (C=O) groups is 2. The molecule has 2 aromatic rings. The summed E-state index contributed by atoms with van der Waals surface area (Å²) >= 11 is 0. The minimum atomic E-state index is -1.09. The molecule has 0 spiro atoms. The Bertz CT molecular complexity index is 923. The van der Waals surface area contributed by atoms with Crippen LogP contribution in [0, 0.1) is 28.9 Å². The molecule has 3 rings (SSSR count). The number of nitriles is 1. The van der Waals surface area contributed by atoms with Crippen LogP contribution in [0.1, 0.15) is 17.0 Å². The fourth-order valence-electron chi connectivity index (χ4n) is 3.12. The lowest BCUT2D eigenvalue weighted by Gasteiger charge is -2.17. The molecule has 2 amide bonds. The van der Waals surface area contributed by atoms with Gasteiger partial charge in [-0.1, -0.05) is 18.2 Å². The molecular weight excluding hydrogens is 340 g/mol. The quantitative estimate of drug-likeness (QED) is 0.861. The highest BCUT2D eigenvalue weighted by atomic mass is 19.1. The number of halogens is 2. The minimum absolute atomic E-state index is 0.0181. The number of amides is 2. The summed E-state index contributed by atoms with van der Waals surface area (Å²) in [7, 11) is 1.56. The third-order valence-electron chi connectivity index (χ3n) is 4.47. The van der Waals surface area contributed by atoms with Gasteiger partial charge < -0.3 is 10.2 Å². The Labute approximate surface area is 148 Å². The number of para-hydroxylation sites is 1. The molecule has 0 bridgehead atoms. The first-order valence-electron chi connectivity index (χ1n) is 7.92. The lowest BCUT2D eigenvalue weighted by atomic mass is 9.87. The van der Waals surface area contributed by atoms with Crippen molar-refractivity contribution in [1.82, 2.24) is 4.90 Å². The molecule has 5 nitrogen and oxygen atoms in total. The number of nitrogens with one attached hydrogen (secondary N) is 1. The van der Waals surface area contributed by atoms with Crippen LogP contribution in [0.15, 0.2) is 42.5 Å². The van der Waals surface area contributed by atoms with E-state index in [1.807, 2.05) is 0 Å². The number of likely N-dealkylation sites (N-methyl/N-ethyl adjacent to an activating group) is 1. The SMILES string of the molecule is CN1C[C@H](c2ccc(F)c(C#N)c2)[C@@H](C(=O)Nc2ccccc2F)C1=O. The first-order chi connectivity index (χ1) is 12.4. The van der Waals surface area contributed by atoms with E-state index >= 15 is 0 Å². The smallest absolute Gasteiger partial charge is 0.237 e. The highest BCUT2D eigenvalue weighted by molar-refractivity contribution is 6.08. The van der Waals surface area contributed by atoms with Crippen LogP contribution in [-0.2, 0) is 9.59 Å². The van der Waals surface area contributed by atoms with Crippen LogP contribution in [0.4, 0.5) is 14.5 Å². The Kier molecular flexibility index (Phi) is 4.67. The van der Waals surface area contributed by atoms with Crippen molar-refractivity contribution in [3.63, 3.8) is 0 Å². The zero-order chi connectivity index (χ0) is 18.8. The van der Waals surface area contributed by atoms with Gasteiger partial charge in [-0.2, -0.15) is 5.26 Å². The van der Waals surface area contributed by atoms with E-state index in [4.69, 9.17) is 5.26 Å². The lowest BCUT2D eigenvalue weighted by Crippen LogP contribution is -2.33. The number of rotatable bonds is 3. The molecule has 0 radical (unpaired) electrons. The van der Waals surface area contributed by atoms with Crippen LogP contribution in [0.2, 0.25) is 0 Å². The third-order valence-corrected chi connectivity index (χ3v) is 4.47. The van der Waals surface area contributed by atoms with Gasteiger partial charge in [0.2, 0.25) is 11.8 Å². The van der Waals surface area contributed by atoms with Gasteiger partial charge in [-0.25, -0.2) is 8.78 Å². The van der Waals surface area contributed by atoms with Crippen molar-refractivity contribution >= 4 is 17.5 Å². The van der Waals surface area contributed by atoms with Crippen molar-refractivity contribution in [2.45, 2.75) is 5.92 Å². The fraction of sp³-hybridized carbons (Fsp3) is 0.211. The molecular formula is C19H15F2N3O2. The van der Waals surface area contributed by atoms with Gasteiger partial charge in [-0.05, 0) is 29.8 Å². The summed E-state index contributed by atoms with van der Waals surface area (Å²) in [5.74, 6) is -3.97. The average Bonchev–Trinajstić information content (AvgIpc) is 2.92. The standard InChI is InChI=1S/C19H15F2N3O2/c1-24-10-13(11-6-7-14(20)12(8-11)9-22)17(19(24)26)18(25)23-16-5-3-2-4-15(16)21/h2-8,13,17H,10H2,1H3,(H,23,25)/t13-,17+/m1/s1. The van der Waals surface area contributed by atoms with Gasteiger partial charge in [0, 0.05) is 19.5 Å². The van der Waals surface area contributed by atoms with Crippen molar-refractivity contribution in [1.29, 1.82) is 5.26 Å². The van der Waals surface area contributed by atoms with Gasteiger partial charge in [0.25, 0.3) is 0 Å². The van der Waals surface area contributed by atoms with Crippen molar-refractivity contribution in [3.05, 3.63) is 65.2 Å². The van der Waals surface area contributed by atoms with Gasteiger partial charge >= 0.3 is 0 Å². The molecule has 132 valence electrons. The van der Waals surface area contributed by atoms with E-state index in [9.17, 15) is 18.4 Å². The molecule has 1 N–H and O–H groups in total. The molecule has 2 atom stereocenters. The molecule has 2 aromatic carbocycles. The second-order valence-electron chi connectivity index (χ2n) is 6.12. The highest BCUT2D eigenvalue weighted by Gasteiger charge is 2.44. The van der Waals surface area contributed by atoms with E-state index in [0.717, 1.165) is 6.07 Å². The highest BCUT2D eigenvalue weighted by Crippen LogP contribution is 2.34. The van der Waals surface area contributed by atoms with Crippen LogP contribution in [0.3, 0.4) is 0 Å². The Morgan fingerprint density at radius 1 is 1.23 bits per heavy atom. The summed E-state index contributed by atoms with van der Waals surface area (Å²) in [6, 6.07) is 11.3. The van der Waals surface area contributed by atoms with Crippen LogP contribution >= 0.6 is 0 Å². The van der Waals surface area contributed by atoms with Gasteiger partial charge in [-0.3, -0.25) is 9.59 Å². The Morgan fingerprint density at radius 2 is 1.96 bits per heavy atom. The maximum Gasteiger partial charge on any atom is 0.237 e. The third kappa shape index (κ3) is 3.14. The van der Waals surface area contributed by atoms with Gasteiger partial charge in [0.1, 0.15) is 23.6 Å². The van der Waals surface area contributed by atoms with E-state index in [1.54, 1.807) is 19.2 Å². The summed E-state index contributed by atoms with van der Waals surface area (Å²) in [4.78, 5) is 26.5. The predicted molar refractivity (Wildman–Crippen MR) is 90.0 cm³/mol. The van der Waals surface area contributed by atoms with Crippen LogP contribution in [0.5, 0.6) is 0 Å². The first-order valence-corrected chi connectivity index (χ1v) is 7.92. The summed E-state index contributed by atoms with van der Waals surface area (Å²) < 4.78 is 27.4. The molecule has 0 aliphatic carbocycles. The zero-order valence-electron chi connectivity index (χ0n) is 13.9. The number of benzene rings is 2. The van der Waals surface area contributed by atoms with Crippen molar-refractivity contribution in [2.75, 3.05) is 18.9 Å². The summed E-state index contributed by atoms with van der Waals surface area (Å²) in [6.45, 7) is 0.241. The van der Waals surface area contributed by atoms with E-state index in [2.05, 4.69) is 5.32 Å². The Hall–Kier alpha value is -3.27. The number of carbonyl (C=O) groups excluding carboxylic acids is 2. The largest absolute Gasteiger partial charge is 0.344 e. The van der Waals surface area contributed by atoms with Crippen LogP contribution in [-0.4, -0.2) is 30.3 Å². The van der Waals surface area contributed by atoms with E-state index in [-0.39, 0.29) is 17.8 Å². The van der Waals surface area contributed by atoms with E-state index in [0.29, 0.717) is 5.56 Å². The topological polar surface area (TPSA) is 73.2 Å². The van der Waals surface area contributed by atoms with Crippen LogP contribution < -0.4 is 5.32 Å². The predicted octanol–water partition coefficient (Wildman–Crippen LogP) is 2.65. The number of likely N-dealkylation sites (tertiary alicyclic amines) is 1. The normalized spacial score (nSPS) is 19.3. The molecule has 0 unspecified atom stereocenters. The second kappa shape index (κ2) is 6.92. The van der Waals surface area contributed by atoms with E-state index in [1.165, 1.54) is 35.2 Å². The van der Waals surface area contributed by atoms with Crippen LogP contribution in [0.25, 0.3) is 0 Å². The van der Waals surface area contributed by atoms with Gasteiger partial charge in [0.05, 0.1) is 11.3 Å². The maximum absolute atomic E-state index is 13.8. The number of hydrogen-bond acceptors (Lipinski definition) is 3. The average molecular weight is 355 g/mol. The minimum Gasteiger partial charge on any atom is -0.344 e. The lowest BCUT2D eigenvalue weighted by molar-refractivity contribution is -0.135. The Balaban J connectivity index is 1.93. The first kappa shape index (κ1) is 17.5. The molecule has 0 saturated carbocycles. The molecule has 1 aliphatic heterocycles. The van der Waals surface area contributed by atoms with Gasteiger partial charge in [0.15, 0.2) is 0 Å². The zero-order valence-corrected chi connectivity index (χ0v) is 13.9. The molecule has 0 aromatic heterocycles. The monoisotopic (exact) mass is 355 g/mol. The van der Waals surface area contributed by atoms with Crippen molar-refractivity contribution in [2.24, 2.45) is 5.92 Å². The summed E-state index contributed by atoms with van der Waals surface area (Å²) in [5, 5.41) is 11.4. The molecule has 26 heavy (non-hydrogen) atoms. The fourth-order valence-corrected chi connectivity index (χ4v) is 3.12. The number of hydrogen-bond donors (Lipinski definition) is 1. The molecule has 1 aliphatic rings. The second-order valence-corrected chi connectivity index (χ2v) is 6.12. The number of anilines is 1. The van der Waals surface area contributed by atoms with Crippen molar-refractivity contribution in [3.8, 4) is 6.07 Å². The van der Waals surface area contributed by atoms with E-state index < -0.39 is 35.3 Å². The maximum atomic E-state index is 13.8. The summed E-state index contributed by atoms with van der Waals surface area (Å²) in [5.41, 5.74) is 0.336. The molecule has 1 saturated heterocycles. The molecule has 1 fully saturated rings.